The number of rotatable bonds is 31. The van der Waals surface area contributed by atoms with Gasteiger partial charge in [-0.1, -0.05) is 123 Å². The van der Waals surface area contributed by atoms with Gasteiger partial charge >= 0.3 is 11.9 Å². The molecule has 1 heterocycles. The van der Waals surface area contributed by atoms with Crippen LogP contribution < -0.4 is 11.1 Å². The van der Waals surface area contributed by atoms with Gasteiger partial charge in [0.15, 0.2) is 0 Å². The van der Waals surface area contributed by atoms with E-state index in [4.69, 9.17) is 5.73 Å². The number of hydrogen-bond donors (Lipinski definition) is 4. The lowest BCUT2D eigenvalue weighted by Crippen LogP contribution is -2.43. The van der Waals surface area contributed by atoms with Gasteiger partial charge in [-0.15, -0.1) is 0 Å². The number of hydrogen-bond acceptors (Lipinski definition) is 6. The predicted molar refractivity (Wildman–Crippen MR) is 191 cm³/mol. The molecule has 0 radical (unpaired) electrons. The van der Waals surface area contributed by atoms with Crippen molar-refractivity contribution in [2.24, 2.45) is 23.5 Å². The summed E-state index contributed by atoms with van der Waals surface area (Å²) >= 11 is 1.47. The second-order valence-corrected chi connectivity index (χ2v) is 14.1. The van der Waals surface area contributed by atoms with Gasteiger partial charge < -0.3 is 21.3 Å². The van der Waals surface area contributed by atoms with Gasteiger partial charge in [0.05, 0.1) is 17.9 Å². The first-order chi connectivity index (χ1) is 22.3. The second kappa shape index (κ2) is 27.9. The van der Waals surface area contributed by atoms with E-state index < -0.39 is 29.8 Å². The monoisotopic (exact) mass is 663 g/mol. The van der Waals surface area contributed by atoms with Crippen LogP contribution in [0.1, 0.15) is 141 Å². The smallest absolute Gasteiger partial charge is 0.306 e. The van der Waals surface area contributed by atoms with Crippen LogP contribution in [0.2, 0.25) is 0 Å². The van der Waals surface area contributed by atoms with Crippen molar-refractivity contribution in [1.82, 2.24) is 10.3 Å². The van der Waals surface area contributed by atoms with Gasteiger partial charge in [0.25, 0.3) is 0 Å². The first kappa shape index (κ1) is 41.9. The van der Waals surface area contributed by atoms with E-state index in [1.165, 1.54) is 76.0 Å². The van der Waals surface area contributed by atoms with E-state index in [1.807, 2.05) is 12.1 Å². The quantitative estimate of drug-likeness (QED) is 0.0582. The predicted octanol–water partition coefficient (Wildman–Crippen LogP) is 8.27. The normalized spacial score (nSPS) is 14.0. The highest BCUT2D eigenvalue weighted by Gasteiger charge is 2.32. The maximum absolute atomic E-state index is 12.6. The summed E-state index contributed by atoms with van der Waals surface area (Å²) < 4.78 is 0. The fourth-order valence-electron chi connectivity index (χ4n) is 6.07. The largest absolute Gasteiger partial charge is 0.481 e. The number of aliphatic carboxylic acids is 2. The summed E-state index contributed by atoms with van der Waals surface area (Å²) in [7, 11) is 0. The van der Waals surface area contributed by atoms with Crippen molar-refractivity contribution >= 4 is 29.6 Å². The van der Waals surface area contributed by atoms with Crippen molar-refractivity contribution in [2.75, 3.05) is 18.1 Å². The Morgan fingerprint density at radius 3 is 1.89 bits per heavy atom. The summed E-state index contributed by atoms with van der Waals surface area (Å²) in [5.41, 5.74) is 7.23. The Hall–Kier alpha value is -2.13. The third kappa shape index (κ3) is 20.9. The molecule has 0 fully saturated rings. The first-order valence-corrected chi connectivity index (χ1v) is 19.4. The Bertz CT molecular complexity index is 920. The zero-order valence-electron chi connectivity index (χ0n) is 28.9. The molecule has 0 saturated heterocycles. The summed E-state index contributed by atoms with van der Waals surface area (Å²) in [5.74, 6) is -2.53. The molecule has 4 atom stereocenters. The summed E-state index contributed by atoms with van der Waals surface area (Å²) in [6.45, 7) is 4.88. The number of carboxylic acids is 2. The van der Waals surface area contributed by atoms with Crippen molar-refractivity contribution in [3.8, 4) is 0 Å². The Morgan fingerprint density at radius 2 is 1.37 bits per heavy atom. The number of thioether (sulfide) groups is 1. The SMILES string of the molecule is CCCCCCCCCCC(CC(CSC[C@H](N)C(=O)NCCc1cccnc1)[C@@H](CCCCCCCCCC)C(=O)O)C(=O)O. The first-order valence-electron chi connectivity index (χ1n) is 18.3. The van der Waals surface area contributed by atoms with E-state index in [0.717, 1.165) is 44.1 Å². The van der Waals surface area contributed by atoms with E-state index in [-0.39, 0.29) is 11.8 Å². The number of aromatic nitrogens is 1. The van der Waals surface area contributed by atoms with Crippen molar-refractivity contribution < 1.29 is 24.6 Å². The summed E-state index contributed by atoms with van der Waals surface area (Å²) in [6.07, 6.45) is 23.9. The number of unbranched alkanes of at least 4 members (excludes halogenated alkanes) is 14. The average molecular weight is 664 g/mol. The molecule has 1 amide bonds. The molecule has 1 rings (SSSR count). The molecule has 1 aromatic rings. The number of carboxylic acid groups (broad SMARTS) is 2. The third-order valence-electron chi connectivity index (χ3n) is 9.00. The molecule has 0 saturated carbocycles. The highest BCUT2D eigenvalue weighted by Crippen LogP contribution is 2.32. The number of pyridine rings is 1. The molecular formula is C37H65N3O5S. The number of amides is 1. The minimum Gasteiger partial charge on any atom is -0.481 e. The highest BCUT2D eigenvalue weighted by atomic mass is 32.2. The molecule has 0 bridgehead atoms. The number of nitrogens with two attached hydrogens (primary N) is 1. The lowest BCUT2D eigenvalue weighted by Gasteiger charge is -2.27. The summed E-state index contributed by atoms with van der Waals surface area (Å²) in [6, 6.07) is 3.10. The molecule has 9 heteroatoms. The van der Waals surface area contributed by atoms with Gasteiger partial charge in [-0.25, -0.2) is 0 Å². The van der Waals surface area contributed by atoms with Gasteiger partial charge in [-0.2, -0.15) is 11.8 Å². The van der Waals surface area contributed by atoms with Crippen molar-refractivity contribution in [3.05, 3.63) is 30.1 Å². The molecule has 0 aliphatic carbocycles. The van der Waals surface area contributed by atoms with E-state index in [0.29, 0.717) is 43.7 Å². The number of nitrogens with zero attached hydrogens (tertiary/aromatic N) is 1. The Morgan fingerprint density at radius 1 is 0.804 bits per heavy atom. The number of carbonyl (C=O) groups is 3. The van der Waals surface area contributed by atoms with Gasteiger partial charge in [0, 0.05) is 24.7 Å². The summed E-state index contributed by atoms with van der Waals surface area (Å²) in [4.78, 5) is 41.5. The third-order valence-corrected chi connectivity index (χ3v) is 10.3. The fourth-order valence-corrected chi connectivity index (χ4v) is 7.28. The van der Waals surface area contributed by atoms with Crippen LogP contribution in [-0.2, 0) is 20.8 Å². The van der Waals surface area contributed by atoms with Gasteiger partial charge in [-0.3, -0.25) is 19.4 Å². The Balaban J connectivity index is 2.71. The summed E-state index contributed by atoms with van der Waals surface area (Å²) in [5, 5.41) is 23.2. The van der Waals surface area contributed by atoms with Crippen molar-refractivity contribution in [3.63, 3.8) is 0 Å². The van der Waals surface area contributed by atoms with Gasteiger partial charge in [-0.05, 0) is 49.0 Å². The van der Waals surface area contributed by atoms with E-state index >= 15 is 0 Å². The Labute approximate surface area is 283 Å². The Kier molecular flexibility index (Phi) is 25.4. The molecule has 264 valence electrons. The van der Waals surface area contributed by atoms with Crippen LogP contribution in [0.3, 0.4) is 0 Å². The number of carbonyl (C=O) groups excluding carboxylic acids is 1. The molecular weight excluding hydrogens is 598 g/mol. The minimum atomic E-state index is -0.845. The van der Waals surface area contributed by atoms with Crippen LogP contribution in [0.5, 0.6) is 0 Å². The molecule has 0 aromatic carbocycles. The van der Waals surface area contributed by atoms with Crippen LogP contribution in [0.25, 0.3) is 0 Å². The minimum absolute atomic E-state index is 0.236. The fraction of sp³-hybridized carbons (Fsp3) is 0.784. The standard InChI is InChI=1S/C37H65N3O5S/c1-3-5-7-9-11-13-15-17-21-31(36(42)43)26-32(33(37(44)45)22-18-16-14-12-10-8-6-4-2)28-46-29-34(38)35(41)40-25-23-30-20-19-24-39-27-30/h19-20,24,27,31-34H,3-18,21-23,25-26,28-29,38H2,1-2H3,(H,40,41)(H,42,43)(H,44,45)/t31?,32?,33-,34+/m1/s1. The highest BCUT2D eigenvalue weighted by molar-refractivity contribution is 7.99. The molecule has 2 unspecified atom stereocenters. The maximum Gasteiger partial charge on any atom is 0.306 e. The van der Waals surface area contributed by atoms with Crippen LogP contribution in [0.15, 0.2) is 24.5 Å². The molecule has 8 nitrogen and oxygen atoms in total. The molecule has 0 spiro atoms. The zero-order valence-corrected chi connectivity index (χ0v) is 29.8. The molecule has 5 N–H and O–H groups in total. The van der Waals surface area contributed by atoms with E-state index in [1.54, 1.807) is 12.4 Å². The average Bonchev–Trinajstić information content (AvgIpc) is 3.04. The van der Waals surface area contributed by atoms with Crippen LogP contribution in [0, 0.1) is 17.8 Å². The van der Waals surface area contributed by atoms with E-state index in [2.05, 4.69) is 24.1 Å². The van der Waals surface area contributed by atoms with Gasteiger partial charge in [0.2, 0.25) is 5.91 Å². The maximum atomic E-state index is 12.6. The van der Waals surface area contributed by atoms with Crippen molar-refractivity contribution in [1.29, 1.82) is 0 Å². The lowest BCUT2D eigenvalue weighted by molar-refractivity contribution is -0.147. The molecule has 0 aliphatic rings. The number of nitrogens with one attached hydrogen (secondary N) is 1. The van der Waals surface area contributed by atoms with Crippen LogP contribution >= 0.6 is 11.8 Å². The van der Waals surface area contributed by atoms with Gasteiger partial charge in [0.1, 0.15) is 0 Å². The van der Waals surface area contributed by atoms with Crippen LogP contribution in [-0.4, -0.2) is 57.1 Å². The second-order valence-electron chi connectivity index (χ2n) is 13.0. The van der Waals surface area contributed by atoms with E-state index in [9.17, 15) is 24.6 Å². The topological polar surface area (TPSA) is 143 Å². The molecule has 1 aromatic heterocycles. The molecule has 46 heavy (non-hydrogen) atoms. The lowest BCUT2D eigenvalue weighted by atomic mass is 9.81. The molecule has 0 aliphatic heterocycles. The van der Waals surface area contributed by atoms with Crippen LogP contribution in [0.4, 0.5) is 0 Å². The zero-order chi connectivity index (χ0) is 33.8. The van der Waals surface area contributed by atoms with Crippen molar-refractivity contribution in [2.45, 2.75) is 148 Å².